The molecule has 0 radical (unpaired) electrons. The number of ether oxygens (including phenoxy) is 2. The lowest BCUT2D eigenvalue weighted by molar-refractivity contribution is -0.121. The summed E-state index contributed by atoms with van der Waals surface area (Å²) in [7, 11) is 1.62. The number of nitrogens with zero attached hydrogens (tertiary/aromatic N) is 2. The summed E-state index contributed by atoms with van der Waals surface area (Å²) in [4.78, 5) is 16.2. The van der Waals surface area contributed by atoms with Gasteiger partial charge >= 0.3 is 0 Å². The van der Waals surface area contributed by atoms with Gasteiger partial charge in [0.05, 0.1) is 13.2 Å². The number of benzene rings is 1. The Morgan fingerprint density at radius 3 is 2.92 bits per heavy atom. The Morgan fingerprint density at radius 1 is 1.38 bits per heavy atom. The summed E-state index contributed by atoms with van der Waals surface area (Å²) in [5.41, 5.74) is 0.841. The van der Waals surface area contributed by atoms with Crippen molar-refractivity contribution in [1.82, 2.24) is 15.5 Å². The van der Waals surface area contributed by atoms with E-state index in [1.807, 2.05) is 24.3 Å². The lowest BCUT2D eigenvalue weighted by Crippen LogP contribution is -2.31. The molecule has 0 saturated carbocycles. The van der Waals surface area contributed by atoms with Crippen LogP contribution in [0.1, 0.15) is 25.2 Å². The topological polar surface area (TPSA) is 86.5 Å². The summed E-state index contributed by atoms with van der Waals surface area (Å²) in [5, 5.41) is 6.83. The number of nitrogens with one attached hydrogen (secondary N) is 1. The third kappa shape index (κ3) is 4.32. The molecule has 7 heteroatoms. The molecule has 1 aromatic heterocycles. The van der Waals surface area contributed by atoms with Crippen LogP contribution in [0.2, 0.25) is 0 Å². The second-order valence-electron chi connectivity index (χ2n) is 5.68. The number of aryl methyl sites for hydroxylation is 1. The van der Waals surface area contributed by atoms with E-state index in [4.69, 9.17) is 14.0 Å². The van der Waals surface area contributed by atoms with E-state index in [2.05, 4.69) is 15.5 Å². The van der Waals surface area contributed by atoms with E-state index in [-0.39, 0.29) is 12.0 Å². The van der Waals surface area contributed by atoms with Crippen LogP contribution in [0.25, 0.3) is 11.4 Å². The number of carbonyl (C=O) groups excluding carboxylic acids is 1. The molecule has 1 aliphatic rings. The molecule has 2 heterocycles. The number of hydrogen-bond donors (Lipinski definition) is 1. The molecule has 0 unspecified atom stereocenters. The standard InChI is InChI=1S/C17H21N3O4/c1-22-13-6-4-12(5-7-13)17-19-16(24-20-17)9-8-15(21)18-11-14-3-2-10-23-14/h4-7,14H,2-3,8-11H2,1H3,(H,18,21)/t14-/m0/s1. The molecule has 0 aliphatic carbocycles. The highest BCUT2D eigenvalue weighted by atomic mass is 16.5. The fourth-order valence-corrected chi connectivity index (χ4v) is 2.56. The van der Waals surface area contributed by atoms with Gasteiger partial charge in [-0.3, -0.25) is 4.79 Å². The highest BCUT2D eigenvalue weighted by Crippen LogP contribution is 2.20. The second kappa shape index (κ2) is 7.92. The normalized spacial score (nSPS) is 17.0. The SMILES string of the molecule is COc1ccc(-c2noc(CCC(=O)NC[C@@H]3CCCO3)n2)cc1. The molecule has 0 spiro atoms. The van der Waals surface area contributed by atoms with Gasteiger partial charge in [0.15, 0.2) is 0 Å². The molecule has 0 bridgehead atoms. The largest absolute Gasteiger partial charge is 0.497 e. The molecule has 1 amide bonds. The van der Waals surface area contributed by atoms with Crippen molar-refractivity contribution in [2.45, 2.75) is 31.8 Å². The number of aromatic nitrogens is 2. The van der Waals surface area contributed by atoms with Crippen molar-refractivity contribution >= 4 is 5.91 Å². The summed E-state index contributed by atoms with van der Waals surface area (Å²) >= 11 is 0. The Bertz CT molecular complexity index is 663. The van der Waals surface area contributed by atoms with Crippen molar-refractivity contribution in [2.75, 3.05) is 20.3 Å². The van der Waals surface area contributed by atoms with E-state index in [0.717, 1.165) is 30.8 Å². The number of hydrogen-bond acceptors (Lipinski definition) is 6. The van der Waals surface area contributed by atoms with Gasteiger partial charge in [-0.1, -0.05) is 5.16 Å². The maximum Gasteiger partial charge on any atom is 0.227 e. The van der Waals surface area contributed by atoms with Crippen molar-refractivity contribution in [1.29, 1.82) is 0 Å². The van der Waals surface area contributed by atoms with Crippen molar-refractivity contribution in [3.8, 4) is 17.1 Å². The average molecular weight is 331 g/mol. The monoisotopic (exact) mass is 331 g/mol. The van der Waals surface area contributed by atoms with Crippen LogP contribution in [0.3, 0.4) is 0 Å². The van der Waals surface area contributed by atoms with Crippen LogP contribution in [0.5, 0.6) is 5.75 Å². The summed E-state index contributed by atoms with van der Waals surface area (Å²) in [6.07, 6.45) is 2.96. The lowest BCUT2D eigenvalue weighted by Gasteiger charge is -2.09. The number of methoxy groups -OCH3 is 1. The molecule has 2 aromatic rings. The molecule has 128 valence electrons. The first-order valence-corrected chi connectivity index (χ1v) is 8.10. The van der Waals surface area contributed by atoms with Gasteiger partial charge in [0, 0.05) is 31.6 Å². The van der Waals surface area contributed by atoms with E-state index in [1.54, 1.807) is 7.11 Å². The summed E-state index contributed by atoms with van der Waals surface area (Å²) in [6.45, 7) is 1.36. The van der Waals surface area contributed by atoms with Crippen LogP contribution in [0.4, 0.5) is 0 Å². The van der Waals surface area contributed by atoms with Gasteiger partial charge in [-0.15, -0.1) is 0 Å². The fourth-order valence-electron chi connectivity index (χ4n) is 2.56. The fraction of sp³-hybridized carbons (Fsp3) is 0.471. The third-order valence-electron chi connectivity index (χ3n) is 3.93. The van der Waals surface area contributed by atoms with Gasteiger partial charge in [-0.05, 0) is 37.1 Å². The van der Waals surface area contributed by atoms with Gasteiger partial charge in [0.25, 0.3) is 0 Å². The minimum Gasteiger partial charge on any atom is -0.497 e. The second-order valence-corrected chi connectivity index (χ2v) is 5.68. The molecule has 1 aliphatic heterocycles. The quantitative estimate of drug-likeness (QED) is 0.835. The van der Waals surface area contributed by atoms with Crippen molar-refractivity contribution < 1.29 is 18.8 Å². The van der Waals surface area contributed by atoms with E-state index >= 15 is 0 Å². The predicted octanol–water partition coefficient (Wildman–Crippen LogP) is 1.97. The Kier molecular flexibility index (Phi) is 5.43. The van der Waals surface area contributed by atoms with E-state index in [0.29, 0.717) is 31.1 Å². The maximum atomic E-state index is 11.9. The van der Waals surface area contributed by atoms with Gasteiger partial charge in [0.1, 0.15) is 5.75 Å². The van der Waals surface area contributed by atoms with E-state index in [1.165, 1.54) is 0 Å². The Labute approximate surface area is 140 Å². The van der Waals surface area contributed by atoms with E-state index < -0.39 is 0 Å². The van der Waals surface area contributed by atoms with Crippen LogP contribution in [-0.2, 0) is 16.0 Å². The maximum absolute atomic E-state index is 11.9. The summed E-state index contributed by atoms with van der Waals surface area (Å²) in [5.74, 6) is 1.69. The minimum absolute atomic E-state index is 0.0327. The molecule has 24 heavy (non-hydrogen) atoms. The highest BCUT2D eigenvalue weighted by molar-refractivity contribution is 5.76. The smallest absolute Gasteiger partial charge is 0.227 e. The van der Waals surface area contributed by atoms with Crippen LogP contribution < -0.4 is 10.1 Å². The average Bonchev–Trinajstić information content (AvgIpc) is 3.30. The van der Waals surface area contributed by atoms with Gasteiger partial charge in [-0.25, -0.2) is 0 Å². The predicted molar refractivity (Wildman–Crippen MR) is 86.6 cm³/mol. The van der Waals surface area contributed by atoms with Crippen LogP contribution in [0, 0.1) is 0 Å². The number of rotatable bonds is 7. The molecule has 3 rings (SSSR count). The molecule has 1 fully saturated rings. The van der Waals surface area contributed by atoms with Crippen LogP contribution in [-0.4, -0.2) is 42.4 Å². The number of amides is 1. The zero-order chi connectivity index (χ0) is 16.8. The van der Waals surface area contributed by atoms with Gasteiger partial charge in [-0.2, -0.15) is 4.98 Å². The molecule has 7 nitrogen and oxygen atoms in total. The zero-order valence-electron chi connectivity index (χ0n) is 13.7. The molecular formula is C17H21N3O4. The molecule has 1 aromatic carbocycles. The molecular weight excluding hydrogens is 310 g/mol. The Balaban J connectivity index is 1.47. The minimum atomic E-state index is -0.0327. The van der Waals surface area contributed by atoms with Gasteiger partial charge in [0.2, 0.25) is 17.6 Å². The first kappa shape index (κ1) is 16.4. The first-order valence-electron chi connectivity index (χ1n) is 8.10. The molecule has 1 N–H and O–H groups in total. The van der Waals surface area contributed by atoms with E-state index in [9.17, 15) is 4.79 Å². The van der Waals surface area contributed by atoms with Crippen LogP contribution in [0.15, 0.2) is 28.8 Å². The van der Waals surface area contributed by atoms with Crippen molar-refractivity contribution in [3.05, 3.63) is 30.2 Å². The lowest BCUT2D eigenvalue weighted by atomic mass is 10.2. The summed E-state index contributed by atoms with van der Waals surface area (Å²) < 4.78 is 15.8. The van der Waals surface area contributed by atoms with Crippen molar-refractivity contribution in [3.63, 3.8) is 0 Å². The Morgan fingerprint density at radius 2 is 2.21 bits per heavy atom. The number of carbonyl (C=O) groups is 1. The molecule has 1 atom stereocenters. The molecule has 1 saturated heterocycles. The zero-order valence-corrected chi connectivity index (χ0v) is 13.7. The summed E-state index contributed by atoms with van der Waals surface area (Å²) in [6, 6.07) is 7.40. The first-order chi connectivity index (χ1) is 11.7. The van der Waals surface area contributed by atoms with Crippen LogP contribution >= 0.6 is 0 Å². The van der Waals surface area contributed by atoms with Gasteiger partial charge < -0.3 is 19.3 Å². The third-order valence-corrected chi connectivity index (χ3v) is 3.93. The Hall–Kier alpha value is -2.41. The van der Waals surface area contributed by atoms with Crippen molar-refractivity contribution in [2.24, 2.45) is 0 Å². The highest BCUT2D eigenvalue weighted by Gasteiger charge is 2.16.